The van der Waals surface area contributed by atoms with E-state index in [0.717, 1.165) is 5.56 Å². The summed E-state index contributed by atoms with van der Waals surface area (Å²) in [4.78, 5) is 13.9. The van der Waals surface area contributed by atoms with Crippen LogP contribution in [-0.2, 0) is 4.74 Å². The number of aryl methyl sites for hydroxylation is 1. The predicted molar refractivity (Wildman–Crippen MR) is 74.3 cm³/mol. The molecule has 1 aromatic rings. The molecule has 1 amide bonds. The molecule has 1 heterocycles. The van der Waals surface area contributed by atoms with E-state index in [1.807, 2.05) is 32.9 Å². The van der Waals surface area contributed by atoms with E-state index in [4.69, 9.17) is 16.3 Å². The highest BCUT2D eigenvalue weighted by atomic mass is 35.5. The van der Waals surface area contributed by atoms with Gasteiger partial charge in [-0.1, -0.05) is 31.5 Å². The average molecular weight is 270 g/mol. The van der Waals surface area contributed by atoms with Gasteiger partial charge in [0, 0.05) is 13.1 Å². The first-order chi connectivity index (χ1) is 8.68. The second-order valence-corrected chi connectivity index (χ2v) is 4.30. The third kappa shape index (κ3) is 3.72. The summed E-state index contributed by atoms with van der Waals surface area (Å²) < 4.78 is 5.21. The largest absolute Gasteiger partial charge is 0.378 e. The van der Waals surface area contributed by atoms with Gasteiger partial charge in [0.1, 0.15) is 0 Å². The lowest BCUT2D eigenvalue weighted by molar-refractivity contribution is 0.0303. The smallest absolute Gasteiger partial charge is 0.255 e. The van der Waals surface area contributed by atoms with Crippen molar-refractivity contribution in [1.82, 2.24) is 4.90 Å². The van der Waals surface area contributed by atoms with Gasteiger partial charge in [0.15, 0.2) is 0 Å². The molecule has 3 nitrogen and oxygen atoms in total. The lowest BCUT2D eigenvalue weighted by Gasteiger charge is -2.27. The maximum absolute atomic E-state index is 12.1. The standard InChI is InChI=1S/C12H14ClNO2.C2H6/c1-9-2-3-10(11(13)8-9)12(15)14-4-6-16-7-5-14;1-2/h2-3,8H,4-7H2,1H3;1-2H3. The molecule has 0 N–H and O–H groups in total. The number of benzene rings is 1. The summed E-state index contributed by atoms with van der Waals surface area (Å²) >= 11 is 6.06. The summed E-state index contributed by atoms with van der Waals surface area (Å²) in [6.45, 7) is 8.45. The SMILES string of the molecule is CC.Cc1ccc(C(=O)N2CCOCC2)c(Cl)c1. The van der Waals surface area contributed by atoms with Crippen LogP contribution in [0.1, 0.15) is 29.8 Å². The van der Waals surface area contributed by atoms with Crippen LogP contribution in [0.2, 0.25) is 5.02 Å². The molecule has 0 bridgehead atoms. The van der Waals surface area contributed by atoms with Crippen LogP contribution in [0, 0.1) is 6.92 Å². The van der Waals surface area contributed by atoms with Crippen LogP contribution in [0.5, 0.6) is 0 Å². The van der Waals surface area contributed by atoms with Crippen molar-refractivity contribution in [3.05, 3.63) is 34.3 Å². The van der Waals surface area contributed by atoms with Crippen LogP contribution >= 0.6 is 11.6 Å². The van der Waals surface area contributed by atoms with Gasteiger partial charge in [0.05, 0.1) is 23.8 Å². The van der Waals surface area contributed by atoms with Gasteiger partial charge in [-0.05, 0) is 24.6 Å². The number of amides is 1. The first kappa shape index (κ1) is 15.0. The van der Waals surface area contributed by atoms with E-state index in [2.05, 4.69) is 0 Å². The highest BCUT2D eigenvalue weighted by molar-refractivity contribution is 6.33. The number of halogens is 1. The molecule has 0 aromatic heterocycles. The molecular formula is C14H20ClNO2. The zero-order chi connectivity index (χ0) is 13.5. The topological polar surface area (TPSA) is 29.5 Å². The van der Waals surface area contributed by atoms with Crippen LogP contribution in [0.25, 0.3) is 0 Å². The summed E-state index contributed by atoms with van der Waals surface area (Å²) in [5.74, 6) is -0.00620. The second kappa shape index (κ2) is 7.39. The van der Waals surface area contributed by atoms with Crippen molar-refractivity contribution in [3.8, 4) is 0 Å². The number of rotatable bonds is 1. The lowest BCUT2D eigenvalue weighted by atomic mass is 10.1. The molecule has 4 heteroatoms. The Morgan fingerprint density at radius 3 is 2.44 bits per heavy atom. The molecule has 0 aliphatic carbocycles. The summed E-state index contributed by atoms with van der Waals surface area (Å²) in [7, 11) is 0. The van der Waals surface area contributed by atoms with Gasteiger partial charge >= 0.3 is 0 Å². The van der Waals surface area contributed by atoms with E-state index in [-0.39, 0.29) is 5.91 Å². The maximum atomic E-state index is 12.1. The van der Waals surface area contributed by atoms with Gasteiger partial charge < -0.3 is 9.64 Å². The number of carbonyl (C=O) groups is 1. The minimum atomic E-state index is -0.00620. The maximum Gasteiger partial charge on any atom is 0.255 e. The van der Waals surface area contributed by atoms with Gasteiger partial charge in [0.2, 0.25) is 0 Å². The Labute approximate surface area is 114 Å². The Hall–Kier alpha value is -1.06. The third-order valence-electron chi connectivity index (χ3n) is 2.65. The summed E-state index contributed by atoms with van der Waals surface area (Å²) in [5, 5.41) is 0.525. The lowest BCUT2D eigenvalue weighted by Crippen LogP contribution is -2.40. The first-order valence-electron chi connectivity index (χ1n) is 6.31. The number of hydrogen-bond acceptors (Lipinski definition) is 2. The number of carbonyl (C=O) groups excluding carboxylic acids is 1. The Kier molecular flexibility index (Phi) is 6.16. The van der Waals surface area contributed by atoms with Crippen molar-refractivity contribution in [2.45, 2.75) is 20.8 Å². The second-order valence-electron chi connectivity index (χ2n) is 3.89. The van der Waals surface area contributed by atoms with Crippen LogP contribution < -0.4 is 0 Å². The zero-order valence-electron chi connectivity index (χ0n) is 11.2. The molecule has 1 fully saturated rings. The number of nitrogens with zero attached hydrogens (tertiary/aromatic N) is 1. The molecule has 0 spiro atoms. The molecule has 0 atom stereocenters. The van der Waals surface area contributed by atoms with Gasteiger partial charge in [-0.2, -0.15) is 0 Å². The average Bonchev–Trinajstić information content (AvgIpc) is 2.41. The van der Waals surface area contributed by atoms with Crippen molar-refractivity contribution in [3.63, 3.8) is 0 Å². The van der Waals surface area contributed by atoms with E-state index < -0.39 is 0 Å². The minimum Gasteiger partial charge on any atom is -0.378 e. The Morgan fingerprint density at radius 1 is 1.28 bits per heavy atom. The van der Waals surface area contributed by atoms with Crippen molar-refractivity contribution in [1.29, 1.82) is 0 Å². The van der Waals surface area contributed by atoms with Crippen molar-refractivity contribution in [2.75, 3.05) is 26.3 Å². The monoisotopic (exact) mass is 269 g/mol. The molecule has 1 aromatic carbocycles. The zero-order valence-corrected chi connectivity index (χ0v) is 12.0. The first-order valence-corrected chi connectivity index (χ1v) is 6.69. The molecule has 0 saturated carbocycles. The molecule has 1 aliphatic rings. The summed E-state index contributed by atoms with van der Waals surface area (Å²) in [6, 6.07) is 5.50. The van der Waals surface area contributed by atoms with Gasteiger partial charge in [-0.25, -0.2) is 0 Å². The normalized spacial score (nSPS) is 14.8. The number of morpholine rings is 1. The van der Waals surface area contributed by atoms with E-state index in [1.54, 1.807) is 11.0 Å². The Balaban J connectivity index is 0.000000771. The number of ether oxygens (including phenoxy) is 1. The Morgan fingerprint density at radius 2 is 1.89 bits per heavy atom. The fraction of sp³-hybridized carbons (Fsp3) is 0.500. The van der Waals surface area contributed by atoms with Crippen LogP contribution in [-0.4, -0.2) is 37.1 Å². The fourth-order valence-electron chi connectivity index (χ4n) is 1.73. The molecule has 100 valence electrons. The van der Waals surface area contributed by atoms with Crippen molar-refractivity contribution >= 4 is 17.5 Å². The van der Waals surface area contributed by atoms with E-state index >= 15 is 0 Å². The van der Waals surface area contributed by atoms with Crippen molar-refractivity contribution < 1.29 is 9.53 Å². The molecule has 2 rings (SSSR count). The Bertz CT molecular complexity index is 401. The molecule has 1 aliphatic heterocycles. The van der Waals surface area contributed by atoms with Gasteiger partial charge in [0.25, 0.3) is 5.91 Å². The molecule has 1 saturated heterocycles. The highest BCUT2D eigenvalue weighted by Crippen LogP contribution is 2.19. The summed E-state index contributed by atoms with van der Waals surface area (Å²) in [6.07, 6.45) is 0. The quantitative estimate of drug-likeness (QED) is 0.784. The summed E-state index contributed by atoms with van der Waals surface area (Å²) in [5.41, 5.74) is 1.64. The van der Waals surface area contributed by atoms with Gasteiger partial charge in [-0.3, -0.25) is 4.79 Å². The fourth-order valence-corrected chi connectivity index (χ4v) is 2.05. The highest BCUT2D eigenvalue weighted by Gasteiger charge is 2.20. The minimum absolute atomic E-state index is 0.00620. The third-order valence-corrected chi connectivity index (χ3v) is 2.97. The predicted octanol–water partition coefficient (Wildman–Crippen LogP) is 3.15. The van der Waals surface area contributed by atoms with E-state index in [0.29, 0.717) is 36.9 Å². The van der Waals surface area contributed by atoms with E-state index in [1.165, 1.54) is 0 Å². The van der Waals surface area contributed by atoms with Crippen LogP contribution in [0.4, 0.5) is 0 Å². The molecule has 0 radical (unpaired) electrons. The molecular weight excluding hydrogens is 250 g/mol. The molecule has 18 heavy (non-hydrogen) atoms. The van der Waals surface area contributed by atoms with Crippen LogP contribution in [0.3, 0.4) is 0 Å². The van der Waals surface area contributed by atoms with Crippen molar-refractivity contribution in [2.24, 2.45) is 0 Å². The van der Waals surface area contributed by atoms with Gasteiger partial charge in [-0.15, -0.1) is 0 Å². The molecule has 0 unspecified atom stereocenters. The van der Waals surface area contributed by atoms with Crippen LogP contribution in [0.15, 0.2) is 18.2 Å². The van der Waals surface area contributed by atoms with E-state index in [9.17, 15) is 4.79 Å². The number of hydrogen-bond donors (Lipinski definition) is 0.